The third-order valence-electron chi connectivity index (χ3n) is 15.7. The molecule has 1 unspecified atom stereocenters. The number of rotatable bonds is 22. The smallest absolute Gasteiger partial charge is 0.217 e. The maximum Gasteiger partial charge on any atom is 0.217 e. The van der Waals surface area contributed by atoms with Crippen molar-refractivity contribution < 1.29 is 178 Å². The normalized spacial score (nSPS) is 48.9. The maximum atomic E-state index is 12.7. The third-order valence-corrected chi connectivity index (χ3v) is 15.7. The number of hydrogen-bond acceptors (Lipinski definition) is 36. The van der Waals surface area contributed by atoms with Crippen LogP contribution in [-0.4, -0.2) is 381 Å². The van der Waals surface area contributed by atoms with Crippen molar-refractivity contribution in [2.45, 2.75) is 236 Å². The predicted molar refractivity (Wildman–Crippen MR) is 267 cm³/mol. The van der Waals surface area contributed by atoms with Crippen molar-refractivity contribution >= 4 is 17.7 Å². The fraction of sp³-hybridized carbons (Fsp3) is 0.938. The van der Waals surface area contributed by atoms with Gasteiger partial charge < -0.3 is 180 Å². The van der Waals surface area contributed by atoms with E-state index in [-0.39, 0.29) is 0 Å². The summed E-state index contributed by atoms with van der Waals surface area (Å²) in [5.74, 6) is -2.45. The highest BCUT2D eigenvalue weighted by Crippen LogP contribution is 2.38. The zero-order chi connectivity index (χ0) is 64.2. The average molecular weight is 1280 g/mol. The Labute approximate surface area is 492 Å². The molecule has 7 rings (SSSR count). The third kappa shape index (κ3) is 15.8. The van der Waals surface area contributed by atoms with Crippen LogP contribution in [0.2, 0.25) is 0 Å². The Morgan fingerprint density at radius 2 is 0.598 bits per heavy atom. The number of carbonyl (C=O) groups is 3. The number of amides is 3. The van der Waals surface area contributed by atoms with Crippen molar-refractivity contribution in [3.63, 3.8) is 0 Å². The highest BCUT2D eigenvalue weighted by molar-refractivity contribution is 5.74. The van der Waals surface area contributed by atoms with Crippen LogP contribution in [0.15, 0.2) is 0 Å². The van der Waals surface area contributed by atoms with E-state index in [4.69, 9.17) is 61.6 Å². The first kappa shape index (κ1) is 71.5. The first-order valence-electron chi connectivity index (χ1n) is 27.6. The summed E-state index contributed by atoms with van der Waals surface area (Å²) in [6.07, 6.45) is -62.3. The summed E-state index contributed by atoms with van der Waals surface area (Å²) in [6, 6.07) is -5.11. The minimum absolute atomic E-state index is 0.735. The molecule has 0 bridgehead atoms. The minimum Gasteiger partial charge on any atom is -0.394 e. The minimum atomic E-state index is -2.36. The molecule has 87 heavy (non-hydrogen) atoms. The SMILES string of the molecule is CC(=O)N[C@H]1[C@H](O[C@H]2[C@H](O)[C@@H](NC(C)=O)C(O)O[C@@H]2CO)O[C@H](CO)[C@@H](O[C@@H]2O[C@H](CO[C@H]3O[C@H](CO)[C@@H](O)[C@H](O)[C@@H]3O)[C@@H](O)[C@H](O[C@H]3O[C@H](CO)[C@@H](O[C@@H]4O[C@H](CO)[C@@H](O[C@@H]5O[C@H](CO)[C@H](O)[C@H](O)[C@H]5O)[C@H](O)[C@H]4NC(C)=O)[C@H](O)[C@@H]3O)[C@@H]2O)[C@@H]1O. The van der Waals surface area contributed by atoms with Crippen molar-refractivity contribution in [2.24, 2.45) is 0 Å². The second kappa shape index (κ2) is 31.1. The fourth-order valence-electron chi connectivity index (χ4n) is 11.1. The van der Waals surface area contributed by atoms with Gasteiger partial charge >= 0.3 is 0 Å². The second-order valence-corrected chi connectivity index (χ2v) is 21.8. The monoisotopic (exact) mass is 1280 g/mol. The van der Waals surface area contributed by atoms with Gasteiger partial charge in [-0.2, -0.15) is 0 Å². The van der Waals surface area contributed by atoms with Gasteiger partial charge in [-0.05, 0) is 0 Å². The molecule has 7 saturated heterocycles. The molecule has 35 atom stereocenters. The molecule has 0 aromatic rings. The van der Waals surface area contributed by atoms with Gasteiger partial charge in [-0.1, -0.05) is 0 Å². The van der Waals surface area contributed by atoms with Crippen LogP contribution in [-0.2, 0) is 76.0 Å². The van der Waals surface area contributed by atoms with Gasteiger partial charge in [0.2, 0.25) is 17.7 Å². The van der Waals surface area contributed by atoms with Crippen molar-refractivity contribution in [1.82, 2.24) is 16.0 Å². The number of ether oxygens (including phenoxy) is 13. The van der Waals surface area contributed by atoms with Crippen LogP contribution in [0.5, 0.6) is 0 Å². The molecule has 23 N–H and O–H groups in total. The Kier molecular flexibility index (Phi) is 25.6. The highest BCUT2D eigenvalue weighted by atomic mass is 16.8. The molecular weight excluding hydrogens is 1190 g/mol. The predicted octanol–water partition coefficient (Wildman–Crippen LogP) is -15.8. The summed E-state index contributed by atoms with van der Waals surface area (Å²) < 4.78 is 74.9. The molecule has 0 radical (unpaired) electrons. The average Bonchev–Trinajstić information content (AvgIpc) is 1.00. The molecule has 39 heteroatoms. The Hall–Kier alpha value is -2.91. The zero-order valence-electron chi connectivity index (χ0n) is 46.6. The summed E-state index contributed by atoms with van der Waals surface area (Å²) in [7, 11) is 0. The van der Waals surface area contributed by atoms with E-state index >= 15 is 0 Å². The van der Waals surface area contributed by atoms with E-state index in [0.29, 0.717) is 0 Å². The molecule has 7 fully saturated rings. The molecule has 3 amide bonds. The van der Waals surface area contributed by atoms with Crippen molar-refractivity contribution in [1.29, 1.82) is 0 Å². The molecule has 0 saturated carbocycles. The van der Waals surface area contributed by atoms with E-state index in [1.807, 2.05) is 0 Å². The van der Waals surface area contributed by atoms with E-state index in [9.17, 15) is 117 Å². The van der Waals surface area contributed by atoms with Gasteiger partial charge in [0, 0.05) is 20.8 Å². The van der Waals surface area contributed by atoms with Gasteiger partial charge in [0.25, 0.3) is 0 Å². The number of carbonyl (C=O) groups excluding carboxylic acids is 3. The molecule has 7 aliphatic heterocycles. The van der Waals surface area contributed by atoms with Crippen molar-refractivity contribution in [3.05, 3.63) is 0 Å². The van der Waals surface area contributed by atoms with Crippen LogP contribution >= 0.6 is 0 Å². The molecule has 7 aliphatic rings. The summed E-state index contributed by atoms with van der Waals surface area (Å²) in [4.78, 5) is 37.1. The lowest BCUT2D eigenvalue weighted by atomic mass is 9.93. The lowest BCUT2D eigenvalue weighted by Crippen LogP contribution is -2.70. The Bertz CT molecular complexity index is 2180. The zero-order valence-corrected chi connectivity index (χ0v) is 46.6. The first-order valence-corrected chi connectivity index (χ1v) is 27.6. The first-order chi connectivity index (χ1) is 41.1. The van der Waals surface area contributed by atoms with Crippen LogP contribution in [0.4, 0.5) is 0 Å². The standard InChI is InChI=1S/C48H81N3O36/c1-11(58)49-21-27(64)37(16(6-54)76-42(21)74)83-43-22(50-12(2)59)29(66)39(18(8-56)79-43)86-48-36(73)41(26(63)20(82-48)10-75-45-33(70)30(67)24(61)14(4-52)77-45)87-47-35(72)32(69)40(19(9-57)81-47)84-44-23(51-13(3)60)28(65)38(17(7-55)80-44)85-46-34(71)31(68)25(62)15(5-53)78-46/h14-48,52-57,61-74H,4-10H2,1-3H3,(H,49,58)(H,50,59)(H,51,60)/t14-,15-,16-,17-,18-,19-,20-,21-,22-,23-,24-,25+,26-,27-,28-,29-,30+,31+,32-,33+,34-,35+,36+,37-,38-,39-,40-,41+,42?,43+,44+,45+,46+,47-,48+/m1/s1. The fourth-order valence-corrected chi connectivity index (χ4v) is 11.1. The summed E-state index contributed by atoms with van der Waals surface area (Å²) >= 11 is 0. The summed E-state index contributed by atoms with van der Waals surface area (Å²) in [5, 5.41) is 224. The van der Waals surface area contributed by atoms with Gasteiger partial charge in [0.05, 0.1) is 46.2 Å². The van der Waals surface area contributed by atoms with Gasteiger partial charge in [0.1, 0.15) is 171 Å². The molecule has 0 aromatic heterocycles. The second-order valence-electron chi connectivity index (χ2n) is 21.8. The number of aliphatic hydroxyl groups is 20. The number of hydrogen-bond donors (Lipinski definition) is 23. The van der Waals surface area contributed by atoms with E-state index in [1.54, 1.807) is 0 Å². The van der Waals surface area contributed by atoms with Gasteiger partial charge in [-0.3, -0.25) is 14.4 Å². The molecule has 0 aromatic carbocycles. The molecule has 0 spiro atoms. The number of nitrogens with one attached hydrogen (secondary N) is 3. The van der Waals surface area contributed by atoms with Crippen LogP contribution in [0.1, 0.15) is 20.8 Å². The summed E-state index contributed by atoms with van der Waals surface area (Å²) in [5.41, 5.74) is 0. The van der Waals surface area contributed by atoms with Crippen LogP contribution in [0.25, 0.3) is 0 Å². The van der Waals surface area contributed by atoms with Crippen LogP contribution in [0, 0.1) is 0 Å². The molecule has 39 nitrogen and oxygen atoms in total. The largest absolute Gasteiger partial charge is 0.394 e. The van der Waals surface area contributed by atoms with Crippen molar-refractivity contribution in [3.8, 4) is 0 Å². The van der Waals surface area contributed by atoms with E-state index in [1.165, 1.54) is 0 Å². The lowest BCUT2D eigenvalue weighted by molar-refractivity contribution is -0.391. The van der Waals surface area contributed by atoms with Crippen LogP contribution < -0.4 is 16.0 Å². The quantitative estimate of drug-likeness (QED) is 0.0479. The summed E-state index contributed by atoms with van der Waals surface area (Å²) in [6.45, 7) is -3.86. The molecular formula is C48H81N3O36. The van der Waals surface area contributed by atoms with E-state index in [2.05, 4.69) is 16.0 Å². The van der Waals surface area contributed by atoms with Gasteiger partial charge in [0.15, 0.2) is 44.0 Å². The Morgan fingerprint density at radius 1 is 0.299 bits per heavy atom. The Morgan fingerprint density at radius 3 is 1.02 bits per heavy atom. The topological polar surface area (TPSA) is 612 Å². The van der Waals surface area contributed by atoms with E-state index in [0.717, 1.165) is 20.8 Å². The van der Waals surface area contributed by atoms with E-state index < -0.39 is 279 Å². The maximum absolute atomic E-state index is 12.7. The lowest BCUT2D eigenvalue weighted by Gasteiger charge is -2.51. The molecule has 7 heterocycles. The van der Waals surface area contributed by atoms with Crippen molar-refractivity contribution in [2.75, 3.05) is 46.2 Å². The van der Waals surface area contributed by atoms with Crippen LogP contribution in [0.3, 0.4) is 0 Å². The molecule has 0 aliphatic carbocycles. The molecule has 504 valence electrons. The van der Waals surface area contributed by atoms with Gasteiger partial charge in [-0.25, -0.2) is 0 Å². The number of aliphatic hydroxyl groups excluding tert-OH is 20. The highest BCUT2D eigenvalue weighted by Gasteiger charge is 2.59. The van der Waals surface area contributed by atoms with Gasteiger partial charge in [-0.15, -0.1) is 0 Å². The Balaban J connectivity index is 1.13.